The van der Waals surface area contributed by atoms with E-state index in [1.54, 1.807) is 11.5 Å². The van der Waals surface area contributed by atoms with Gasteiger partial charge in [0.15, 0.2) is 0 Å². The number of ether oxygens (including phenoxy) is 1. The molecule has 0 aliphatic rings. The number of aromatic amines is 1. The molecule has 0 aromatic carbocycles. The fraction of sp³-hybridized carbons (Fsp3) is 0.462. The van der Waals surface area contributed by atoms with Gasteiger partial charge in [-0.25, -0.2) is 13.9 Å². The maximum Gasteiger partial charge on any atom is 0.274 e. The molecule has 1 unspecified atom stereocenters. The number of carbonyl (C=O) groups excluding carboxylic acids is 1. The van der Waals surface area contributed by atoms with Gasteiger partial charge in [-0.3, -0.25) is 4.79 Å². The summed E-state index contributed by atoms with van der Waals surface area (Å²) in [7, 11) is 0. The van der Waals surface area contributed by atoms with Crippen molar-refractivity contribution in [2.75, 3.05) is 13.2 Å². The molecule has 0 bridgehead atoms. The summed E-state index contributed by atoms with van der Waals surface area (Å²) in [4.78, 5) is 21.9. The molecule has 0 amide bonds. The molecular weight excluding hydrogens is 284 g/mol. The van der Waals surface area contributed by atoms with Gasteiger partial charge in [-0.1, -0.05) is 0 Å². The molecule has 114 valence electrons. The first-order valence-corrected chi connectivity index (χ1v) is 6.44. The second kappa shape index (κ2) is 6.57. The number of alkyl halides is 2. The van der Waals surface area contributed by atoms with Gasteiger partial charge in [-0.05, 0) is 6.92 Å². The fourth-order valence-electron chi connectivity index (χ4n) is 2.14. The number of carbonyl (C=O) groups is 1. The van der Waals surface area contributed by atoms with Crippen LogP contribution < -0.4 is 5.56 Å². The van der Waals surface area contributed by atoms with E-state index in [1.807, 2.05) is 0 Å². The standard InChI is InChI=1S/C13H15F2N3O3/c1-8(7-21-4-2-3-19)18-6-9(12(14)15)11-10(18)5-16-17-13(11)20/h3,5-6,8,12H,2,4,7H2,1H3,(H,17,20). The average Bonchev–Trinajstić information content (AvgIpc) is 2.85. The van der Waals surface area contributed by atoms with E-state index in [1.165, 1.54) is 12.4 Å². The largest absolute Gasteiger partial charge is 0.379 e. The molecule has 0 saturated heterocycles. The minimum atomic E-state index is -2.75. The Bertz CT molecular complexity index is 681. The van der Waals surface area contributed by atoms with E-state index < -0.39 is 12.0 Å². The van der Waals surface area contributed by atoms with Gasteiger partial charge in [0.25, 0.3) is 12.0 Å². The van der Waals surface area contributed by atoms with Crippen LogP contribution in [0.1, 0.15) is 31.4 Å². The molecule has 1 atom stereocenters. The monoisotopic (exact) mass is 299 g/mol. The quantitative estimate of drug-likeness (QED) is 0.625. The Kier molecular flexibility index (Phi) is 4.79. The molecule has 6 nitrogen and oxygen atoms in total. The highest BCUT2D eigenvalue weighted by Gasteiger charge is 2.21. The molecule has 0 radical (unpaired) electrons. The van der Waals surface area contributed by atoms with Crippen molar-refractivity contribution in [3.05, 3.63) is 28.3 Å². The Morgan fingerprint density at radius 2 is 2.29 bits per heavy atom. The Morgan fingerprint density at radius 1 is 1.52 bits per heavy atom. The summed E-state index contributed by atoms with van der Waals surface area (Å²) >= 11 is 0. The van der Waals surface area contributed by atoms with Crippen LogP contribution in [-0.2, 0) is 9.53 Å². The zero-order valence-corrected chi connectivity index (χ0v) is 11.4. The van der Waals surface area contributed by atoms with Crippen LogP contribution in [0.3, 0.4) is 0 Å². The highest BCUT2D eigenvalue weighted by molar-refractivity contribution is 5.82. The number of aldehydes is 1. The molecular formula is C13H15F2N3O3. The summed E-state index contributed by atoms with van der Waals surface area (Å²) in [5, 5.41) is 5.75. The van der Waals surface area contributed by atoms with Crippen LogP contribution >= 0.6 is 0 Å². The lowest BCUT2D eigenvalue weighted by atomic mass is 10.2. The normalized spacial score (nSPS) is 13.0. The van der Waals surface area contributed by atoms with Crippen LogP contribution in [0.2, 0.25) is 0 Å². The highest BCUT2D eigenvalue weighted by atomic mass is 19.3. The molecule has 0 aliphatic carbocycles. The van der Waals surface area contributed by atoms with Crippen molar-refractivity contribution in [2.24, 2.45) is 0 Å². The summed E-state index contributed by atoms with van der Waals surface area (Å²) in [6.45, 7) is 2.29. The zero-order chi connectivity index (χ0) is 15.4. The summed E-state index contributed by atoms with van der Waals surface area (Å²) in [5.74, 6) is 0. The van der Waals surface area contributed by atoms with Gasteiger partial charge < -0.3 is 14.1 Å². The molecule has 0 spiro atoms. The molecule has 2 aromatic heterocycles. The smallest absolute Gasteiger partial charge is 0.274 e. The van der Waals surface area contributed by atoms with Gasteiger partial charge in [0, 0.05) is 18.2 Å². The molecule has 0 saturated carbocycles. The van der Waals surface area contributed by atoms with E-state index in [0.29, 0.717) is 5.52 Å². The Labute approximate surface area is 118 Å². The maximum atomic E-state index is 13.0. The van der Waals surface area contributed by atoms with Crippen molar-refractivity contribution < 1.29 is 18.3 Å². The zero-order valence-electron chi connectivity index (χ0n) is 11.4. The topological polar surface area (TPSA) is 77.0 Å². The van der Waals surface area contributed by atoms with E-state index in [4.69, 9.17) is 4.74 Å². The number of aromatic nitrogens is 3. The number of fused-ring (bicyclic) bond motifs is 1. The molecule has 0 fully saturated rings. The van der Waals surface area contributed by atoms with Crippen LogP contribution in [-0.4, -0.2) is 34.3 Å². The molecule has 21 heavy (non-hydrogen) atoms. The second-order valence-corrected chi connectivity index (χ2v) is 4.63. The Balaban J connectivity index is 2.33. The molecule has 1 N–H and O–H groups in total. The number of rotatable bonds is 7. The van der Waals surface area contributed by atoms with Crippen LogP contribution in [0.25, 0.3) is 10.9 Å². The summed E-state index contributed by atoms with van der Waals surface area (Å²) in [5.41, 5.74) is -0.635. The molecule has 2 aromatic rings. The van der Waals surface area contributed by atoms with Crippen molar-refractivity contribution in [1.29, 1.82) is 0 Å². The number of nitrogens with zero attached hydrogens (tertiary/aromatic N) is 2. The fourth-order valence-corrected chi connectivity index (χ4v) is 2.14. The van der Waals surface area contributed by atoms with Gasteiger partial charge in [0.1, 0.15) is 6.29 Å². The van der Waals surface area contributed by atoms with Crippen LogP contribution in [0.15, 0.2) is 17.2 Å². The average molecular weight is 299 g/mol. The van der Waals surface area contributed by atoms with E-state index >= 15 is 0 Å². The lowest BCUT2D eigenvalue weighted by Crippen LogP contribution is -2.13. The molecule has 0 aliphatic heterocycles. The third-order valence-corrected chi connectivity index (χ3v) is 3.13. The summed E-state index contributed by atoms with van der Waals surface area (Å²) in [6, 6.07) is -0.268. The summed E-state index contributed by atoms with van der Waals surface area (Å²) < 4.78 is 32.9. The number of nitrogens with one attached hydrogen (secondary N) is 1. The van der Waals surface area contributed by atoms with Gasteiger partial charge in [-0.15, -0.1) is 0 Å². The van der Waals surface area contributed by atoms with Gasteiger partial charge >= 0.3 is 0 Å². The molecule has 8 heteroatoms. The van der Waals surface area contributed by atoms with E-state index in [9.17, 15) is 18.4 Å². The highest BCUT2D eigenvalue weighted by Crippen LogP contribution is 2.29. The first-order chi connectivity index (χ1) is 10.1. The van der Waals surface area contributed by atoms with Gasteiger partial charge in [0.2, 0.25) is 0 Å². The van der Waals surface area contributed by atoms with Crippen molar-refractivity contribution in [2.45, 2.75) is 25.8 Å². The number of halogens is 2. The summed E-state index contributed by atoms with van der Waals surface area (Å²) in [6.07, 6.45) is 0.863. The van der Waals surface area contributed by atoms with Crippen LogP contribution in [0, 0.1) is 0 Å². The maximum absolute atomic E-state index is 13.0. The molecule has 2 heterocycles. The predicted octanol–water partition coefficient (Wildman–Crippen LogP) is 1.83. The van der Waals surface area contributed by atoms with Gasteiger partial charge in [-0.2, -0.15) is 5.10 Å². The Hall–Kier alpha value is -2.09. The van der Waals surface area contributed by atoms with E-state index in [2.05, 4.69) is 10.2 Å². The second-order valence-electron chi connectivity index (χ2n) is 4.63. The third kappa shape index (κ3) is 3.15. The van der Waals surface area contributed by atoms with Crippen LogP contribution in [0.5, 0.6) is 0 Å². The third-order valence-electron chi connectivity index (χ3n) is 3.13. The SMILES string of the molecule is CC(COCCC=O)n1cc(C(F)F)c2c(=O)[nH]ncc21. The van der Waals surface area contributed by atoms with Crippen molar-refractivity contribution in [3.8, 4) is 0 Å². The van der Waals surface area contributed by atoms with E-state index in [-0.39, 0.29) is 36.6 Å². The lowest BCUT2D eigenvalue weighted by Gasteiger charge is -2.14. The Morgan fingerprint density at radius 3 is 2.95 bits per heavy atom. The number of hydrogen-bond donors (Lipinski definition) is 1. The number of H-pyrrole nitrogens is 1. The number of hydrogen-bond acceptors (Lipinski definition) is 4. The predicted molar refractivity (Wildman–Crippen MR) is 71.5 cm³/mol. The molecule has 2 rings (SSSR count). The first-order valence-electron chi connectivity index (χ1n) is 6.44. The van der Waals surface area contributed by atoms with Crippen molar-refractivity contribution in [3.63, 3.8) is 0 Å². The first kappa shape index (κ1) is 15.3. The van der Waals surface area contributed by atoms with Crippen LogP contribution in [0.4, 0.5) is 8.78 Å². The minimum absolute atomic E-state index is 0.0558. The van der Waals surface area contributed by atoms with Crippen molar-refractivity contribution in [1.82, 2.24) is 14.8 Å². The van der Waals surface area contributed by atoms with E-state index in [0.717, 1.165) is 6.29 Å². The van der Waals surface area contributed by atoms with Crippen molar-refractivity contribution >= 4 is 17.2 Å². The lowest BCUT2D eigenvalue weighted by molar-refractivity contribution is -0.108. The minimum Gasteiger partial charge on any atom is -0.379 e. The van der Waals surface area contributed by atoms with Gasteiger partial charge in [0.05, 0.1) is 36.4 Å².